The quantitative estimate of drug-likeness (QED) is 0.865. The predicted molar refractivity (Wildman–Crippen MR) is 88.1 cm³/mol. The average Bonchev–Trinajstić information content (AvgIpc) is 2.88. The third-order valence-corrected chi connectivity index (χ3v) is 7.86. The maximum atomic E-state index is 3.75. The van der Waals surface area contributed by atoms with E-state index in [0.29, 0.717) is 11.3 Å². The molecule has 1 aromatic heterocycles. The zero-order valence-electron chi connectivity index (χ0n) is 11.4. The number of thiophene rings is 1. The highest BCUT2D eigenvalue weighted by atomic mass is 32.2. The molecule has 1 fully saturated rings. The van der Waals surface area contributed by atoms with Crippen LogP contribution in [0.5, 0.6) is 0 Å². The van der Waals surface area contributed by atoms with E-state index < -0.39 is 0 Å². The van der Waals surface area contributed by atoms with Gasteiger partial charge < -0.3 is 5.32 Å². The maximum absolute atomic E-state index is 3.75. The van der Waals surface area contributed by atoms with Crippen LogP contribution < -0.4 is 5.32 Å². The van der Waals surface area contributed by atoms with Crippen molar-refractivity contribution in [1.29, 1.82) is 0 Å². The minimum atomic E-state index is 0.539. The molecule has 1 aromatic rings. The molecule has 0 radical (unpaired) electrons. The molecule has 4 atom stereocenters. The fraction of sp³-hybridized carbons (Fsp3) is 0.714. The number of hydrogen-bond donors (Lipinski definition) is 1. The van der Waals surface area contributed by atoms with Crippen LogP contribution in [-0.4, -0.2) is 28.0 Å². The lowest BCUT2D eigenvalue weighted by Crippen LogP contribution is -2.37. The molecule has 0 amide bonds. The van der Waals surface area contributed by atoms with Crippen LogP contribution in [0.3, 0.4) is 0 Å². The van der Waals surface area contributed by atoms with E-state index in [0.717, 1.165) is 17.0 Å². The van der Waals surface area contributed by atoms with Gasteiger partial charge in [-0.3, -0.25) is 0 Å². The van der Waals surface area contributed by atoms with Gasteiger partial charge in [-0.15, -0.1) is 11.3 Å². The van der Waals surface area contributed by atoms with Gasteiger partial charge in [0.05, 0.1) is 6.04 Å². The van der Waals surface area contributed by atoms with Crippen molar-refractivity contribution in [3.05, 3.63) is 22.4 Å². The minimum Gasteiger partial charge on any atom is -0.308 e. The Morgan fingerprint density at radius 1 is 1.39 bits per heavy atom. The van der Waals surface area contributed by atoms with E-state index in [2.05, 4.69) is 67.1 Å². The van der Waals surface area contributed by atoms with Gasteiger partial charge in [-0.2, -0.15) is 23.5 Å². The topological polar surface area (TPSA) is 12.0 Å². The van der Waals surface area contributed by atoms with Crippen LogP contribution in [0.4, 0.5) is 0 Å². The SMILES string of the molecule is CCCNC(c1cccs1)C1CSC(C)C(C)S1. The molecule has 0 saturated carbocycles. The van der Waals surface area contributed by atoms with Crippen molar-refractivity contribution in [2.24, 2.45) is 0 Å². The summed E-state index contributed by atoms with van der Waals surface area (Å²) in [6.07, 6.45) is 1.21. The molecule has 1 nitrogen and oxygen atoms in total. The molecule has 4 unspecified atom stereocenters. The molecule has 1 aliphatic heterocycles. The molecule has 0 spiro atoms. The first-order chi connectivity index (χ1) is 8.72. The summed E-state index contributed by atoms with van der Waals surface area (Å²) in [4.78, 5) is 1.50. The third-order valence-electron chi connectivity index (χ3n) is 3.41. The van der Waals surface area contributed by atoms with Gasteiger partial charge in [0.1, 0.15) is 0 Å². The van der Waals surface area contributed by atoms with E-state index in [1.54, 1.807) is 0 Å². The Morgan fingerprint density at radius 2 is 2.22 bits per heavy atom. The Balaban J connectivity index is 2.04. The molecule has 18 heavy (non-hydrogen) atoms. The van der Waals surface area contributed by atoms with E-state index in [4.69, 9.17) is 0 Å². The van der Waals surface area contributed by atoms with E-state index in [9.17, 15) is 0 Å². The van der Waals surface area contributed by atoms with Crippen LogP contribution in [0.1, 0.15) is 38.1 Å². The van der Waals surface area contributed by atoms with E-state index in [1.165, 1.54) is 17.1 Å². The summed E-state index contributed by atoms with van der Waals surface area (Å²) in [6, 6.07) is 5.00. The van der Waals surface area contributed by atoms with Crippen LogP contribution in [0.25, 0.3) is 0 Å². The Morgan fingerprint density at radius 3 is 2.83 bits per heavy atom. The van der Waals surface area contributed by atoms with Crippen LogP contribution in [0, 0.1) is 0 Å². The van der Waals surface area contributed by atoms with E-state index >= 15 is 0 Å². The second-order valence-corrected chi connectivity index (χ2v) is 8.88. The molecule has 0 bridgehead atoms. The van der Waals surface area contributed by atoms with E-state index in [1.807, 2.05) is 11.3 Å². The van der Waals surface area contributed by atoms with Crippen molar-refractivity contribution in [1.82, 2.24) is 5.32 Å². The molecule has 102 valence electrons. The third kappa shape index (κ3) is 3.69. The lowest BCUT2D eigenvalue weighted by atomic mass is 10.1. The second-order valence-electron chi connectivity index (χ2n) is 4.87. The summed E-state index contributed by atoms with van der Waals surface area (Å²) in [7, 11) is 0. The normalized spacial score (nSPS) is 30.3. The van der Waals surface area contributed by atoms with Gasteiger partial charge in [-0.1, -0.05) is 26.8 Å². The van der Waals surface area contributed by atoms with Crippen LogP contribution >= 0.6 is 34.9 Å². The van der Waals surface area contributed by atoms with Crippen molar-refractivity contribution < 1.29 is 0 Å². The molecule has 2 heterocycles. The van der Waals surface area contributed by atoms with Gasteiger partial charge in [0, 0.05) is 26.4 Å². The first-order valence-corrected chi connectivity index (χ1v) is 9.63. The lowest BCUT2D eigenvalue weighted by Gasteiger charge is -2.36. The fourth-order valence-electron chi connectivity index (χ4n) is 2.17. The van der Waals surface area contributed by atoms with Crippen molar-refractivity contribution in [2.45, 2.75) is 49.0 Å². The number of nitrogens with one attached hydrogen (secondary N) is 1. The van der Waals surface area contributed by atoms with Crippen molar-refractivity contribution in [3.63, 3.8) is 0 Å². The van der Waals surface area contributed by atoms with Gasteiger partial charge >= 0.3 is 0 Å². The monoisotopic (exact) mass is 301 g/mol. The predicted octanol–water partition coefficient (Wildman–Crippen LogP) is 4.41. The van der Waals surface area contributed by atoms with Crippen molar-refractivity contribution in [2.75, 3.05) is 12.3 Å². The highest BCUT2D eigenvalue weighted by molar-refractivity contribution is 8.07. The standard InChI is InChI=1S/C14H23NS3/c1-4-7-15-14(12-6-5-8-16-12)13-9-17-10(2)11(3)18-13/h5-6,8,10-11,13-15H,4,7,9H2,1-3H3. The zero-order valence-corrected chi connectivity index (χ0v) is 13.8. The van der Waals surface area contributed by atoms with Gasteiger partial charge in [0.2, 0.25) is 0 Å². The Hall–Kier alpha value is 0.360. The number of thioether (sulfide) groups is 2. The van der Waals surface area contributed by atoms with Crippen molar-refractivity contribution >= 4 is 34.9 Å². The molecule has 2 rings (SSSR count). The smallest absolute Gasteiger partial charge is 0.0543 e. The summed E-state index contributed by atoms with van der Waals surface area (Å²) in [5.41, 5.74) is 0. The summed E-state index contributed by atoms with van der Waals surface area (Å²) < 4.78 is 0. The van der Waals surface area contributed by atoms with Gasteiger partial charge in [-0.25, -0.2) is 0 Å². The molecule has 0 aromatic carbocycles. The van der Waals surface area contributed by atoms with Gasteiger partial charge in [0.15, 0.2) is 0 Å². The maximum Gasteiger partial charge on any atom is 0.0543 e. The van der Waals surface area contributed by atoms with Crippen LogP contribution in [-0.2, 0) is 0 Å². The van der Waals surface area contributed by atoms with Crippen LogP contribution in [0.2, 0.25) is 0 Å². The molecular weight excluding hydrogens is 278 g/mol. The summed E-state index contributed by atoms with van der Waals surface area (Å²) >= 11 is 6.20. The van der Waals surface area contributed by atoms with Crippen LogP contribution in [0.15, 0.2) is 17.5 Å². The van der Waals surface area contributed by atoms with Crippen molar-refractivity contribution in [3.8, 4) is 0 Å². The lowest BCUT2D eigenvalue weighted by molar-refractivity contribution is 0.535. The molecular formula is C14H23NS3. The van der Waals surface area contributed by atoms with E-state index in [-0.39, 0.29) is 0 Å². The molecule has 1 N–H and O–H groups in total. The largest absolute Gasteiger partial charge is 0.308 e. The number of hydrogen-bond acceptors (Lipinski definition) is 4. The van der Waals surface area contributed by atoms with Gasteiger partial charge in [0.25, 0.3) is 0 Å². The Labute approximate surface area is 124 Å². The zero-order chi connectivity index (χ0) is 13.0. The first-order valence-electron chi connectivity index (χ1n) is 6.76. The average molecular weight is 302 g/mol. The molecule has 1 aliphatic rings. The highest BCUT2D eigenvalue weighted by Crippen LogP contribution is 2.41. The second kappa shape index (κ2) is 7.22. The Kier molecular flexibility index (Phi) is 5.93. The summed E-state index contributed by atoms with van der Waals surface area (Å²) in [5, 5.41) is 8.22. The highest BCUT2D eigenvalue weighted by Gasteiger charge is 2.32. The Bertz CT molecular complexity index is 339. The first kappa shape index (κ1) is 14.8. The molecule has 1 saturated heterocycles. The fourth-order valence-corrected chi connectivity index (χ4v) is 6.23. The summed E-state index contributed by atoms with van der Waals surface area (Å²) in [5.74, 6) is 1.27. The minimum absolute atomic E-state index is 0.539. The number of rotatable bonds is 5. The molecule has 4 heteroatoms. The molecule has 0 aliphatic carbocycles. The summed E-state index contributed by atoms with van der Waals surface area (Å²) in [6.45, 7) is 8.10. The van der Waals surface area contributed by atoms with Gasteiger partial charge in [-0.05, 0) is 24.4 Å².